The third-order valence-corrected chi connectivity index (χ3v) is 3.69. The van der Waals surface area contributed by atoms with Crippen LogP contribution in [0.15, 0.2) is 18.2 Å². The molecule has 1 aliphatic heterocycles. The minimum atomic E-state index is -0.451. The van der Waals surface area contributed by atoms with Crippen LogP contribution >= 0.6 is 0 Å². The van der Waals surface area contributed by atoms with Crippen molar-refractivity contribution in [3.05, 3.63) is 23.8 Å². The lowest BCUT2D eigenvalue weighted by molar-refractivity contribution is 0.0359. The Balaban J connectivity index is 2.18. The van der Waals surface area contributed by atoms with Crippen LogP contribution in [0.1, 0.15) is 44.8 Å². The fourth-order valence-electron chi connectivity index (χ4n) is 2.57. The topological polar surface area (TPSA) is 38.7 Å². The van der Waals surface area contributed by atoms with Crippen LogP contribution < -0.4 is 9.47 Å². The molecule has 0 saturated heterocycles. The van der Waals surface area contributed by atoms with Crippen LogP contribution in [0, 0.1) is 5.92 Å². The van der Waals surface area contributed by atoms with Gasteiger partial charge in [-0.1, -0.05) is 20.3 Å². The second kappa shape index (κ2) is 5.61. The first kappa shape index (κ1) is 13.2. The maximum absolute atomic E-state index is 10.2. The van der Waals surface area contributed by atoms with Crippen molar-refractivity contribution in [3.63, 3.8) is 0 Å². The van der Waals surface area contributed by atoms with Crippen LogP contribution in [0.2, 0.25) is 0 Å². The molecule has 1 N–H and O–H groups in total. The van der Waals surface area contributed by atoms with Crippen molar-refractivity contribution >= 4 is 0 Å². The first-order valence-electron chi connectivity index (χ1n) is 6.68. The number of aliphatic hydroxyl groups excluding tert-OH is 1. The van der Waals surface area contributed by atoms with E-state index < -0.39 is 6.10 Å². The zero-order chi connectivity index (χ0) is 13.1. The average Bonchev–Trinajstić information content (AvgIpc) is 2.38. The van der Waals surface area contributed by atoms with Crippen molar-refractivity contribution in [2.45, 2.75) is 45.3 Å². The van der Waals surface area contributed by atoms with Crippen LogP contribution in [-0.4, -0.2) is 18.3 Å². The van der Waals surface area contributed by atoms with E-state index in [1.54, 1.807) is 7.11 Å². The van der Waals surface area contributed by atoms with Gasteiger partial charge in [0.15, 0.2) is 0 Å². The van der Waals surface area contributed by atoms with E-state index >= 15 is 0 Å². The van der Waals surface area contributed by atoms with Crippen LogP contribution in [0.5, 0.6) is 11.5 Å². The molecule has 0 amide bonds. The SMILES string of the molecule is CCCC(C)C1C[C@@H](O)c2cc(OC)ccc2O1. The molecule has 3 atom stereocenters. The summed E-state index contributed by atoms with van der Waals surface area (Å²) in [5, 5.41) is 10.2. The molecule has 3 nitrogen and oxygen atoms in total. The molecular weight excluding hydrogens is 228 g/mol. The van der Waals surface area contributed by atoms with Crippen molar-refractivity contribution < 1.29 is 14.6 Å². The summed E-state index contributed by atoms with van der Waals surface area (Å²) in [5.41, 5.74) is 0.842. The predicted molar refractivity (Wildman–Crippen MR) is 71.1 cm³/mol. The van der Waals surface area contributed by atoms with Crippen molar-refractivity contribution in [1.82, 2.24) is 0 Å². The Morgan fingerprint density at radius 3 is 2.94 bits per heavy atom. The van der Waals surface area contributed by atoms with E-state index in [2.05, 4.69) is 13.8 Å². The molecule has 0 radical (unpaired) electrons. The lowest BCUT2D eigenvalue weighted by Gasteiger charge is -2.33. The molecule has 0 aromatic heterocycles. The second-order valence-electron chi connectivity index (χ2n) is 5.08. The van der Waals surface area contributed by atoms with Crippen LogP contribution in [0.4, 0.5) is 0 Å². The number of rotatable bonds is 4. The summed E-state index contributed by atoms with van der Waals surface area (Å²) in [6, 6.07) is 5.63. The van der Waals surface area contributed by atoms with Gasteiger partial charge in [-0.05, 0) is 30.5 Å². The number of fused-ring (bicyclic) bond motifs is 1. The highest BCUT2D eigenvalue weighted by atomic mass is 16.5. The fourth-order valence-corrected chi connectivity index (χ4v) is 2.57. The average molecular weight is 250 g/mol. The molecule has 0 spiro atoms. The third kappa shape index (κ3) is 2.61. The normalized spacial score (nSPS) is 24.0. The van der Waals surface area contributed by atoms with Gasteiger partial charge in [0.1, 0.15) is 17.6 Å². The monoisotopic (exact) mass is 250 g/mol. The quantitative estimate of drug-likeness (QED) is 0.891. The van der Waals surface area contributed by atoms with Gasteiger partial charge in [0.05, 0.1) is 13.2 Å². The van der Waals surface area contributed by atoms with Crippen molar-refractivity contribution in [3.8, 4) is 11.5 Å². The number of hydrogen-bond donors (Lipinski definition) is 1. The van der Waals surface area contributed by atoms with Crippen LogP contribution in [-0.2, 0) is 0 Å². The van der Waals surface area contributed by atoms with E-state index in [1.807, 2.05) is 18.2 Å². The number of aliphatic hydroxyl groups is 1. The highest BCUT2D eigenvalue weighted by Crippen LogP contribution is 2.39. The Morgan fingerprint density at radius 1 is 1.50 bits per heavy atom. The van der Waals surface area contributed by atoms with Gasteiger partial charge in [-0.3, -0.25) is 0 Å². The van der Waals surface area contributed by atoms with E-state index in [-0.39, 0.29) is 6.10 Å². The number of methoxy groups -OCH3 is 1. The molecule has 0 bridgehead atoms. The summed E-state index contributed by atoms with van der Waals surface area (Å²) >= 11 is 0. The van der Waals surface area contributed by atoms with Gasteiger partial charge < -0.3 is 14.6 Å². The summed E-state index contributed by atoms with van der Waals surface area (Å²) in [5.74, 6) is 2.03. The highest BCUT2D eigenvalue weighted by molar-refractivity contribution is 5.43. The smallest absolute Gasteiger partial charge is 0.125 e. The van der Waals surface area contributed by atoms with Gasteiger partial charge in [-0.2, -0.15) is 0 Å². The standard InChI is InChI=1S/C15H22O3/c1-4-5-10(2)15-9-13(16)12-8-11(17-3)6-7-14(12)18-15/h6-8,10,13,15-16H,4-5,9H2,1-3H3/t10?,13-,15?/m1/s1. The molecule has 1 heterocycles. The second-order valence-corrected chi connectivity index (χ2v) is 5.08. The Kier molecular flexibility index (Phi) is 4.12. The first-order chi connectivity index (χ1) is 8.65. The van der Waals surface area contributed by atoms with Gasteiger partial charge in [-0.15, -0.1) is 0 Å². The third-order valence-electron chi connectivity index (χ3n) is 3.69. The molecular formula is C15H22O3. The van der Waals surface area contributed by atoms with E-state index in [0.717, 1.165) is 29.9 Å². The minimum Gasteiger partial charge on any atom is -0.497 e. The van der Waals surface area contributed by atoms with Crippen molar-refractivity contribution in [1.29, 1.82) is 0 Å². The van der Waals surface area contributed by atoms with Gasteiger partial charge in [0.25, 0.3) is 0 Å². The Labute approximate surface area is 109 Å². The Morgan fingerprint density at radius 2 is 2.28 bits per heavy atom. The van der Waals surface area contributed by atoms with E-state index in [0.29, 0.717) is 12.3 Å². The molecule has 1 aromatic carbocycles. The molecule has 0 saturated carbocycles. The van der Waals surface area contributed by atoms with Gasteiger partial charge in [0, 0.05) is 12.0 Å². The maximum Gasteiger partial charge on any atom is 0.125 e. The lowest BCUT2D eigenvalue weighted by Crippen LogP contribution is -2.31. The lowest BCUT2D eigenvalue weighted by atomic mass is 9.90. The summed E-state index contributed by atoms with van der Waals surface area (Å²) in [6.45, 7) is 4.37. The largest absolute Gasteiger partial charge is 0.497 e. The minimum absolute atomic E-state index is 0.112. The van der Waals surface area contributed by atoms with E-state index in [1.165, 1.54) is 0 Å². The summed E-state index contributed by atoms with van der Waals surface area (Å²) in [4.78, 5) is 0. The Hall–Kier alpha value is -1.22. The van der Waals surface area contributed by atoms with Crippen molar-refractivity contribution in [2.24, 2.45) is 5.92 Å². The molecule has 1 aliphatic rings. The Bertz CT molecular complexity index is 403. The number of hydrogen-bond acceptors (Lipinski definition) is 3. The van der Waals surface area contributed by atoms with Gasteiger partial charge >= 0.3 is 0 Å². The number of ether oxygens (including phenoxy) is 2. The highest BCUT2D eigenvalue weighted by Gasteiger charge is 2.30. The summed E-state index contributed by atoms with van der Waals surface area (Å²) in [7, 11) is 1.63. The molecule has 18 heavy (non-hydrogen) atoms. The zero-order valence-corrected chi connectivity index (χ0v) is 11.3. The van der Waals surface area contributed by atoms with Crippen molar-refractivity contribution in [2.75, 3.05) is 7.11 Å². The first-order valence-corrected chi connectivity index (χ1v) is 6.68. The fraction of sp³-hybridized carbons (Fsp3) is 0.600. The van der Waals surface area contributed by atoms with Crippen LogP contribution in [0.25, 0.3) is 0 Å². The molecule has 1 aromatic rings. The van der Waals surface area contributed by atoms with E-state index in [9.17, 15) is 5.11 Å². The van der Waals surface area contributed by atoms with Gasteiger partial charge in [0.2, 0.25) is 0 Å². The summed E-state index contributed by atoms with van der Waals surface area (Å²) in [6.07, 6.45) is 2.60. The number of benzene rings is 1. The van der Waals surface area contributed by atoms with Gasteiger partial charge in [-0.25, -0.2) is 0 Å². The molecule has 100 valence electrons. The predicted octanol–water partition coefficient (Wildman–Crippen LogP) is 3.32. The van der Waals surface area contributed by atoms with E-state index in [4.69, 9.17) is 9.47 Å². The molecule has 2 rings (SSSR count). The maximum atomic E-state index is 10.2. The molecule has 3 heteroatoms. The molecule has 0 fully saturated rings. The molecule has 2 unspecified atom stereocenters. The zero-order valence-electron chi connectivity index (χ0n) is 11.3. The summed E-state index contributed by atoms with van der Waals surface area (Å²) < 4.78 is 11.2. The van der Waals surface area contributed by atoms with Crippen LogP contribution in [0.3, 0.4) is 0 Å². The molecule has 0 aliphatic carbocycles.